The summed E-state index contributed by atoms with van der Waals surface area (Å²) < 4.78 is 7.11. The maximum absolute atomic E-state index is 12.7. The molecular weight excluding hydrogens is 418 g/mol. The number of carbonyl (C=O) groups excluding carboxylic acids is 2. The molecule has 3 aromatic rings. The van der Waals surface area contributed by atoms with E-state index in [2.05, 4.69) is 5.32 Å². The van der Waals surface area contributed by atoms with Crippen LogP contribution in [0.25, 0.3) is 11.3 Å². The van der Waals surface area contributed by atoms with Crippen molar-refractivity contribution < 1.29 is 14.3 Å². The van der Waals surface area contributed by atoms with Gasteiger partial charge in [-0.05, 0) is 56.1 Å². The highest BCUT2D eigenvalue weighted by atomic mass is 16.5. The summed E-state index contributed by atoms with van der Waals surface area (Å²) >= 11 is 0. The number of amides is 2. The van der Waals surface area contributed by atoms with Crippen molar-refractivity contribution in [3.05, 3.63) is 65.7 Å². The summed E-state index contributed by atoms with van der Waals surface area (Å²) in [7, 11) is 5.57. The van der Waals surface area contributed by atoms with Crippen LogP contribution in [0.5, 0.6) is 5.75 Å². The number of fused-ring (bicyclic) bond motifs is 1. The summed E-state index contributed by atoms with van der Waals surface area (Å²) in [4.78, 5) is 28.8. The van der Waals surface area contributed by atoms with E-state index in [1.807, 2.05) is 66.1 Å². The topological polar surface area (TPSA) is 79.7 Å². The SMILES string of the molecule is COc1ccc(-c2cc3n(n2)CCC(=O)N3Cc2ccc(C(=O)NCCN(C)C)cc2)cc1. The van der Waals surface area contributed by atoms with Crippen molar-refractivity contribution in [2.45, 2.75) is 19.5 Å². The molecule has 4 rings (SSSR count). The molecule has 1 aromatic heterocycles. The van der Waals surface area contributed by atoms with Crippen LogP contribution in [-0.4, -0.2) is 60.8 Å². The normalized spacial score (nSPS) is 13.2. The third kappa shape index (κ3) is 5.23. The first-order valence-corrected chi connectivity index (χ1v) is 11.0. The lowest BCUT2D eigenvalue weighted by Gasteiger charge is -2.27. The maximum atomic E-state index is 12.7. The van der Waals surface area contributed by atoms with Crippen molar-refractivity contribution in [3.8, 4) is 17.0 Å². The number of methoxy groups -OCH3 is 1. The van der Waals surface area contributed by atoms with Gasteiger partial charge in [0.1, 0.15) is 11.6 Å². The number of rotatable bonds is 8. The number of nitrogens with zero attached hydrogens (tertiary/aromatic N) is 4. The lowest BCUT2D eigenvalue weighted by atomic mass is 10.1. The number of anilines is 1. The fourth-order valence-corrected chi connectivity index (χ4v) is 3.76. The molecule has 0 radical (unpaired) electrons. The predicted molar refractivity (Wildman–Crippen MR) is 127 cm³/mol. The van der Waals surface area contributed by atoms with E-state index in [0.717, 1.165) is 34.9 Å². The zero-order chi connectivity index (χ0) is 23.4. The van der Waals surface area contributed by atoms with Crippen LogP contribution in [0.2, 0.25) is 0 Å². The summed E-state index contributed by atoms with van der Waals surface area (Å²) in [5.74, 6) is 1.53. The number of likely N-dealkylation sites (N-methyl/N-ethyl adjacent to an activating group) is 1. The van der Waals surface area contributed by atoms with Crippen LogP contribution in [0.3, 0.4) is 0 Å². The molecule has 0 fully saturated rings. The highest BCUT2D eigenvalue weighted by Crippen LogP contribution is 2.30. The van der Waals surface area contributed by atoms with E-state index >= 15 is 0 Å². The molecule has 0 saturated heterocycles. The van der Waals surface area contributed by atoms with Crippen LogP contribution in [0.4, 0.5) is 5.82 Å². The lowest BCUT2D eigenvalue weighted by Crippen LogP contribution is -2.37. The van der Waals surface area contributed by atoms with Crippen molar-refractivity contribution in [2.75, 3.05) is 39.2 Å². The molecule has 2 aromatic carbocycles. The van der Waals surface area contributed by atoms with E-state index in [4.69, 9.17) is 9.84 Å². The highest BCUT2D eigenvalue weighted by Gasteiger charge is 2.26. The summed E-state index contributed by atoms with van der Waals surface area (Å²) in [5, 5.41) is 7.62. The summed E-state index contributed by atoms with van der Waals surface area (Å²) in [6.07, 6.45) is 0.406. The maximum Gasteiger partial charge on any atom is 0.251 e. The van der Waals surface area contributed by atoms with Crippen LogP contribution < -0.4 is 15.0 Å². The van der Waals surface area contributed by atoms with Crippen molar-refractivity contribution >= 4 is 17.6 Å². The van der Waals surface area contributed by atoms with Crippen molar-refractivity contribution in [3.63, 3.8) is 0 Å². The minimum absolute atomic E-state index is 0.0641. The standard InChI is InChI=1S/C25H29N5O3/c1-28(2)15-13-26-25(32)20-6-4-18(5-7-20)17-29-23-16-22(27-30(23)14-12-24(29)31)19-8-10-21(33-3)11-9-19/h4-11,16H,12-15,17H2,1-3H3,(H,26,32). The average Bonchev–Trinajstić information content (AvgIpc) is 3.26. The molecule has 0 saturated carbocycles. The predicted octanol–water partition coefficient (Wildman–Crippen LogP) is 2.79. The number of aromatic nitrogens is 2. The first-order valence-electron chi connectivity index (χ1n) is 11.0. The number of hydrogen-bond donors (Lipinski definition) is 1. The Kier molecular flexibility index (Phi) is 6.74. The third-order valence-corrected chi connectivity index (χ3v) is 5.66. The minimum Gasteiger partial charge on any atom is -0.497 e. The van der Waals surface area contributed by atoms with Crippen LogP contribution in [0, 0.1) is 0 Å². The van der Waals surface area contributed by atoms with E-state index in [1.54, 1.807) is 24.1 Å². The zero-order valence-corrected chi connectivity index (χ0v) is 19.2. The zero-order valence-electron chi connectivity index (χ0n) is 19.2. The first kappa shape index (κ1) is 22.5. The van der Waals surface area contributed by atoms with E-state index in [1.165, 1.54) is 0 Å². The Bertz CT molecular complexity index is 1120. The molecule has 0 spiro atoms. The van der Waals surface area contributed by atoms with Gasteiger partial charge in [-0.1, -0.05) is 12.1 Å². The van der Waals surface area contributed by atoms with Crippen molar-refractivity contribution in [1.82, 2.24) is 20.0 Å². The molecule has 8 nitrogen and oxygen atoms in total. The fraction of sp³-hybridized carbons (Fsp3) is 0.320. The van der Waals surface area contributed by atoms with Gasteiger partial charge in [-0.3, -0.25) is 14.5 Å². The quantitative estimate of drug-likeness (QED) is 0.575. The molecular formula is C25H29N5O3. The van der Waals surface area contributed by atoms with Gasteiger partial charge in [0.05, 0.1) is 25.9 Å². The van der Waals surface area contributed by atoms with E-state index in [0.29, 0.717) is 31.6 Å². The smallest absolute Gasteiger partial charge is 0.251 e. The molecule has 1 aliphatic rings. The molecule has 8 heteroatoms. The van der Waals surface area contributed by atoms with Gasteiger partial charge < -0.3 is 15.0 Å². The first-order chi connectivity index (χ1) is 15.9. The van der Waals surface area contributed by atoms with Gasteiger partial charge in [-0.25, -0.2) is 4.68 Å². The second kappa shape index (κ2) is 9.87. The number of carbonyl (C=O) groups is 2. The minimum atomic E-state index is -0.0975. The van der Waals surface area contributed by atoms with Gasteiger partial charge in [0, 0.05) is 36.7 Å². The monoisotopic (exact) mass is 447 g/mol. The Balaban J connectivity index is 1.48. The Hall–Kier alpha value is -3.65. The van der Waals surface area contributed by atoms with Crippen LogP contribution >= 0.6 is 0 Å². The van der Waals surface area contributed by atoms with Crippen LogP contribution in [0.1, 0.15) is 22.3 Å². The Morgan fingerprint density at radius 1 is 1.12 bits per heavy atom. The highest BCUT2D eigenvalue weighted by molar-refractivity contribution is 5.95. The fourth-order valence-electron chi connectivity index (χ4n) is 3.76. The lowest BCUT2D eigenvalue weighted by molar-refractivity contribution is -0.119. The number of nitrogens with one attached hydrogen (secondary N) is 1. The molecule has 0 bridgehead atoms. The van der Waals surface area contributed by atoms with Crippen molar-refractivity contribution in [2.24, 2.45) is 0 Å². The molecule has 2 amide bonds. The Morgan fingerprint density at radius 2 is 1.85 bits per heavy atom. The molecule has 1 aliphatic heterocycles. The number of aryl methyl sites for hydroxylation is 1. The third-order valence-electron chi connectivity index (χ3n) is 5.66. The molecule has 1 N–H and O–H groups in total. The van der Waals surface area contributed by atoms with Gasteiger partial charge in [-0.15, -0.1) is 0 Å². The second-order valence-electron chi connectivity index (χ2n) is 8.33. The van der Waals surface area contributed by atoms with E-state index in [9.17, 15) is 9.59 Å². The van der Waals surface area contributed by atoms with Crippen molar-refractivity contribution in [1.29, 1.82) is 0 Å². The van der Waals surface area contributed by atoms with E-state index in [-0.39, 0.29) is 11.8 Å². The number of benzene rings is 2. The summed E-state index contributed by atoms with van der Waals surface area (Å²) in [5.41, 5.74) is 3.34. The van der Waals surface area contributed by atoms with Gasteiger partial charge >= 0.3 is 0 Å². The number of ether oxygens (including phenoxy) is 1. The molecule has 0 atom stereocenters. The Labute approximate surface area is 193 Å². The second-order valence-corrected chi connectivity index (χ2v) is 8.33. The van der Waals surface area contributed by atoms with Gasteiger partial charge in [0.25, 0.3) is 5.91 Å². The van der Waals surface area contributed by atoms with E-state index < -0.39 is 0 Å². The molecule has 0 aliphatic carbocycles. The van der Waals surface area contributed by atoms with Crippen LogP contribution in [0.15, 0.2) is 54.6 Å². The van der Waals surface area contributed by atoms with Gasteiger partial charge in [-0.2, -0.15) is 5.10 Å². The average molecular weight is 448 g/mol. The summed E-state index contributed by atoms with van der Waals surface area (Å²) in [6, 6.07) is 17.1. The molecule has 33 heavy (non-hydrogen) atoms. The molecule has 0 unspecified atom stereocenters. The van der Waals surface area contributed by atoms with Crippen LogP contribution in [-0.2, 0) is 17.9 Å². The Morgan fingerprint density at radius 3 is 2.52 bits per heavy atom. The van der Waals surface area contributed by atoms with Gasteiger partial charge in [0.2, 0.25) is 5.91 Å². The molecule has 172 valence electrons. The summed E-state index contributed by atoms with van der Waals surface area (Å²) in [6.45, 7) is 2.37. The van der Waals surface area contributed by atoms with Gasteiger partial charge in [0.15, 0.2) is 0 Å². The number of hydrogen-bond acceptors (Lipinski definition) is 5. The largest absolute Gasteiger partial charge is 0.497 e. The molecule has 2 heterocycles.